The molecule has 0 aromatic carbocycles. The molecule has 1 aliphatic carbocycles. The van der Waals surface area contributed by atoms with Crippen molar-refractivity contribution in [3.63, 3.8) is 0 Å². The van der Waals surface area contributed by atoms with Gasteiger partial charge in [-0.1, -0.05) is 36.5 Å². The predicted molar refractivity (Wildman–Crippen MR) is 59.4 cm³/mol. The lowest BCUT2D eigenvalue weighted by molar-refractivity contribution is 0.811. The van der Waals surface area contributed by atoms with Crippen molar-refractivity contribution in [2.24, 2.45) is 0 Å². The second-order valence-corrected chi connectivity index (χ2v) is 3.36. The third-order valence-corrected chi connectivity index (χ3v) is 2.13. The Bertz CT molecular complexity index is 184. The molecule has 0 aromatic heterocycles. The normalized spacial score (nSPS) is 27.7. The third-order valence-electron chi connectivity index (χ3n) is 2.13. The monoisotopic (exact) mass is 175 g/mol. The number of hydrogen-bond acceptors (Lipinski definition) is 0. The first-order valence-corrected chi connectivity index (χ1v) is 5.28. The minimum absolute atomic E-state index is 1.15. The van der Waals surface area contributed by atoms with Crippen LogP contribution in [0.4, 0.5) is 0 Å². The summed E-state index contributed by atoms with van der Waals surface area (Å²) in [7, 11) is 0. The molecule has 13 heavy (non-hydrogen) atoms. The van der Waals surface area contributed by atoms with E-state index in [0.29, 0.717) is 0 Å². The van der Waals surface area contributed by atoms with Crippen LogP contribution in [0.15, 0.2) is 36.5 Å². The molecule has 0 spiro atoms. The van der Waals surface area contributed by atoms with Crippen molar-refractivity contribution in [3.05, 3.63) is 42.9 Å². The summed E-state index contributed by atoms with van der Waals surface area (Å²) in [5, 5.41) is 0. The van der Waals surface area contributed by atoms with Gasteiger partial charge in [0.05, 0.1) is 0 Å². The van der Waals surface area contributed by atoms with E-state index in [9.17, 15) is 0 Å². The maximum Gasteiger partial charge on any atom is -0.0313 e. The molecule has 0 N–H and O–H groups in total. The number of hydrogen-bond donors (Lipinski definition) is 0. The fourth-order valence-electron chi connectivity index (χ4n) is 1.35. The summed E-state index contributed by atoms with van der Waals surface area (Å²) in [6.45, 7) is 0. The molecule has 71 valence electrons. The average molecular weight is 175 g/mol. The zero-order valence-corrected chi connectivity index (χ0v) is 8.28. The molecule has 0 bridgehead atoms. The maximum atomic E-state index is 2.37. The van der Waals surface area contributed by atoms with Crippen LogP contribution < -0.4 is 0 Å². The highest BCUT2D eigenvalue weighted by molar-refractivity contribution is 5.03. The maximum absolute atomic E-state index is 2.37. The number of allylic oxidation sites excluding steroid dienone is 6. The minimum atomic E-state index is 1.15. The molecular weight excluding hydrogens is 156 g/mol. The van der Waals surface area contributed by atoms with Crippen LogP contribution in [0.25, 0.3) is 0 Å². The second-order valence-electron chi connectivity index (χ2n) is 3.36. The summed E-state index contributed by atoms with van der Waals surface area (Å²) in [5.74, 6) is 0. The molecule has 0 aliphatic heterocycles. The first-order chi connectivity index (χ1) is 6.50. The molecule has 1 aliphatic rings. The smallest absolute Gasteiger partial charge is 0.0313 e. The molecule has 0 atom stereocenters. The van der Waals surface area contributed by atoms with Crippen LogP contribution in [0.1, 0.15) is 38.5 Å². The standard InChI is InChI=1S/C13H19/c1-2-4-6-8-10-12-13-11-9-7-5-3-1/h1-4,9,11-12H,5-8,10,13H2/b3-1-,4-2+,11-9-. The molecule has 0 saturated carbocycles. The van der Waals surface area contributed by atoms with Crippen LogP contribution in [-0.4, -0.2) is 0 Å². The van der Waals surface area contributed by atoms with E-state index in [-0.39, 0.29) is 0 Å². The van der Waals surface area contributed by atoms with Gasteiger partial charge in [0, 0.05) is 0 Å². The van der Waals surface area contributed by atoms with E-state index in [2.05, 4.69) is 42.9 Å². The molecule has 0 amide bonds. The number of rotatable bonds is 0. The molecule has 0 heteroatoms. The van der Waals surface area contributed by atoms with E-state index in [1.807, 2.05) is 0 Å². The van der Waals surface area contributed by atoms with Crippen molar-refractivity contribution < 1.29 is 0 Å². The van der Waals surface area contributed by atoms with Gasteiger partial charge in [0.15, 0.2) is 0 Å². The van der Waals surface area contributed by atoms with Gasteiger partial charge in [-0.3, -0.25) is 0 Å². The van der Waals surface area contributed by atoms with E-state index < -0.39 is 0 Å². The highest BCUT2D eigenvalue weighted by atomic mass is 13.9. The lowest BCUT2D eigenvalue weighted by Crippen LogP contribution is -1.75. The van der Waals surface area contributed by atoms with Gasteiger partial charge in [-0.05, 0) is 44.9 Å². The molecule has 0 aromatic rings. The van der Waals surface area contributed by atoms with Gasteiger partial charge in [0.25, 0.3) is 0 Å². The fraction of sp³-hybridized carbons (Fsp3) is 0.462. The first-order valence-electron chi connectivity index (χ1n) is 5.28. The highest BCUT2D eigenvalue weighted by Crippen LogP contribution is 2.05. The Morgan fingerprint density at radius 1 is 0.615 bits per heavy atom. The zero-order chi connectivity index (χ0) is 9.19. The van der Waals surface area contributed by atoms with Crippen LogP contribution in [0.5, 0.6) is 0 Å². The Hall–Kier alpha value is -0.780. The third kappa shape index (κ3) is 6.39. The zero-order valence-electron chi connectivity index (χ0n) is 8.28. The lowest BCUT2D eigenvalue weighted by atomic mass is 10.1. The molecule has 0 nitrogen and oxygen atoms in total. The Morgan fingerprint density at radius 2 is 1.38 bits per heavy atom. The van der Waals surface area contributed by atoms with Crippen molar-refractivity contribution >= 4 is 0 Å². The molecule has 0 unspecified atom stereocenters. The Balaban J connectivity index is 2.28. The van der Waals surface area contributed by atoms with Crippen LogP contribution in [-0.2, 0) is 0 Å². The highest BCUT2D eigenvalue weighted by Gasteiger charge is 1.86. The topological polar surface area (TPSA) is 0 Å². The summed E-state index contributed by atoms with van der Waals surface area (Å²) in [6, 6.07) is 0. The van der Waals surface area contributed by atoms with Gasteiger partial charge in [-0.15, -0.1) is 0 Å². The van der Waals surface area contributed by atoms with Crippen molar-refractivity contribution in [3.8, 4) is 0 Å². The van der Waals surface area contributed by atoms with E-state index in [0.717, 1.165) is 6.42 Å². The average Bonchev–Trinajstić information content (AvgIpc) is 2.18. The van der Waals surface area contributed by atoms with Gasteiger partial charge < -0.3 is 0 Å². The molecular formula is C13H19. The van der Waals surface area contributed by atoms with Crippen LogP contribution in [0, 0.1) is 6.42 Å². The van der Waals surface area contributed by atoms with Gasteiger partial charge >= 0.3 is 0 Å². The first kappa shape index (κ1) is 10.3. The molecule has 1 radical (unpaired) electrons. The van der Waals surface area contributed by atoms with Crippen LogP contribution in [0.3, 0.4) is 0 Å². The molecule has 1 rings (SSSR count). The summed E-state index contributed by atoms with van der Waals surface area (Å²) in [4.78, 5) is 0. The SMILES string of the molecule is [CH]1C/C=C\CC/C=C\C=C\CCC1. The van der Waals surface area contributed by atoms with Crippen molar-refractivity contribution in [2.45, 2.75) is 38.5 Å². The fourth-order valence-corrected chi connectivity index (χ4v) is 1.35. The minimum Gasteiger partial charge on any atom is -0.0882 e. The van der Waals surface area contributed by atoms with Crippen molar-refractivity contribution in [2.75, 3.05) is 0 Å². The van der Waals surface area contributed by atoms with Crippen LogP contribution >= 0.6 is 0 Å². The predicted octanol–water partition coefficient (Wildman–Crippen LogP) is 4.21. The molecule has 0 fully saturated rings. The van der Waals surface area contributed by atoms with Crippen LogP contribution in [0.2, 0.25) is 0 Å². The Labute approximate surface area is 82.0 Å². The Kier molecular flexibility index (Phi) is 6.22. The summed E-state index contributed by atoms with van der Waals surface area (Å²) in [6.07, 6.45) is 23.0. The lowest BCUT2D eigenvalue weighted by Gasteiger charge is -1.93. The quantitative estimate of drug-likeness (QED) is 0.484. The van der Waals surface area contributed by atoms with E-state index in [4.69, 9.17) is 0 Å². The summed E-state index contributed by atoms with van der Waals surface area (Å²) >= 11 is 0. The second kappa shape index (κ2) is 7.85. The largest absolute Gasteiger partial charge is 0.0882 e. The Morgan fingerprint density at radius 3 is 2.31 bits per heavy atom. The molecule has 0 heterocycles. The molecule has 0 saturated heterocycles. The van der Waals surface area contributed by atoms with Gasteiger partial charge in [0.2, 0.25) is 0 Å². The summed E-state index contributed by atoms with van der Waals surface area (Å²) < 4.78 is 0. The van der Waals surface area contributed by atoms with E-state index in [1.165, 1.54) is 32.1 Å². The summed E-state index contributed by atoms with van der Waals surface area (Å²) in [5.41, 5.74) is 0. The van der Waals surface area contributed by atoms with Crippen molar-refractivity contribution in [1.29, 1.82) is 0 Å². The van der Waals surface area contributed by atoms with Crippen molar-refractivity contribution in [1.82, 2.24) is 0 Å². The van der Waals surface area contributed by atoms with E-state index >= 15 is 0 Å². The van der Waals surface area contributed by atoms with Gasteiger partial charge in [-0.2, -0.15) is 0 Å². The van der Waals surface area contributed by atoms with Gasteiger partial charge in [0.1, 0.15) is 0 Å². The van der Waals surface area contributed by atoms with E-state index in [1.54, 1.807) is 0 Å². The van der Waals surface area contributed by atoms with Gasteiger partial charge in [-0.25, -0.2) is 0 Å².